The lowest BCUT2D eigenvalue weighted by molar-refractivity contribution is 0.101. The van der Waals surface area contributed by atoms with E-state index in [2.05, 4.69) is 37.0 Å². The molecular weight excluding hydrogens is 210 g/mol. The van der Waals surface area contributed by atoms with E-state index in [0.717, 1.165) is 11.3 Å². The Bertz CT molecular complexity index is 556. The fourth-order valence-corrected chi connectivity index (χ4v) is 1.67. The zero-order valence-corrected chi connectivity index (χ0v) is 10.3. The molecule has 0 spiro atoms. The molecule has 1 aromatic carbocycles. The maximum absolute atomic E-state index is 11.2. The lowest BCUT2D eigenvalue weighted by Gasteiger charge is -2.05. The van der Waals surface area contributed by atoms with Crippen molar-refractivity contribution in [3.8, 4) is 11.3 Å². The molecular formula is C15H15NO. The van der Waals surface area contributed by atoms with E-state index < -0.39 is 0 Å². The number of carbonyl (C=O) groups is 1. The highest BCUT2D eigenvalue weighted by atomic mass is 16.1. The molecule has 86 valence electrons. The van der Waals surface area contributed by atoms with Gasteiger partial charge < -0.3 is 0 Å². The van der Waals surface area contributed by atoms with Crippen molar-refractivity contribution in [1.29, 1.82) is 0 Å². The summed E-state index contributed by atoms with van der Waals surface area (Å²) in [7, 11) is 0. The van der Waals surface area contributed by atoms with Crippen molar-refractivity contribution in [2.45, 2.75) is 20.8 Å². The number of aryl methyl sites for hydroxylation is 2. The van der Waals surface area contributed by atoms with E-state index in [0.29, 0.717) is 5.56 Å². The number of pyridine rings is 1. The van der Waals surface area contributed by atoms with Crippen molar-refractivity contribution in [2.75, 3.05) is 0 Å². The van der Waals surface area contributed by atoms with Gasteiger partial charge in [0.15, 0.2) is 5.78 Å². The first kappa shape index (κ1) is 11.5. The third kappa shape index (κ3) is 2.41. The van der Waals surface area contributed by atoms with Gasteiger partial charge in [-0.1, -0.05) is 12.1 Å². The number of benzene rings is 1. The Morgan fingerprint density at radius 1 is 1.06 bits per heavy atom. The van der Waals surface area contributed by atoms with Gasteiger partial charge in [0, 0.05) is 17.3 Å². The molecule has 0 N–H and O–H groups in total. The molecule has 0 atom stereocenters. The number of Topliss-reactive ketones (excluding diaryl/α,β-unsaturated/α-hetero) is 1. The van der Waals surface area contributed by atoms with Gasteiger partial charge in [-0.05, 0) is 50.1 Å². The van der Waals surface area contributed by atoms with Crippen LogP contribution in [0.25, 0.3) is 11.3 Å². The van der Waals surface area contributed by atoms with Crippen LogP contribution in [-0.2, 0) is 0 Å². The molecule has 1 aromatic heterocycles. The number of rotatable bonds is 2. The minimum absolute atomic E-state index is 0.0455. The van der Waals surface area contributed by atoms with Gasteiger partial charge in [0.25, 0.3) is 0 Å². The molecule has 0 radical (unpaired) electrons. The van der Waals surface area contributed by atoms with Crippen LogP contribution in [0.2, 0.25) is 0 Å². The summed E-state index contributed by atoms with van der Waals surface area (Å²) in [6.45, 7) is 5.72. The smallest absolute Gasteiger partial charge is 0.161 e. The molecule has 0 aliphatic rings. The fourth-order valence-electron chi connectivity index (χ4n) is 1.67. The summed E-state index contributed by atoms with van der Waals surface area (Å²) in [5.41, 5.74) is 5.16. The van der Waals surface area contributed by atoms with Crippen molar-refractivity contribution in [2.24, 2.45) is 0 Å². The third-order valence-corrected chi connectivity index (χ3v) is 2.97. The summed E-state index contributed by atoms with van der Waals surface area (Å²) >= 11 is 0. The third-order valence-electron chi connectivity index (χ3n) is 2.97. The van der Waals surface area contributed by atoms with Gasteiger partial charge in [-0.3, -0.25) is 9.78 Å². The number of nitrogens with zero attached hydrogens (tertiary/aromatic N) is 1. The molecule has 2 heteroatoms. The van der Waals surface area contributed by atoms with Crippen LogP contribution < -0.4 is 0 Å². The summed E-state index contributed by atoms with van der Waals surface area (Å²) in [5.74, 6) is 0.0455. The molecule has 2 aromatic rings. The largest absolute Gasteiger partial charge is 0.294 e. The van der Waals surface area contributed by atoms with E-state index in [-0.39, 0.29) is 5.78 Å². The number of carbonyl (C=O) groups excluding carboxylic acids is 1. The highest BCUT2D eigenvalue weighted by Crippen LogP contribution is 2.20. The van der Waals surface area contributed by atoms with Crippen molar-refractivity contribution >= 4 is 5.78 Å². The fraction of sp³-hybridized carbons (Fsp3) is 0.200. The van der Waals surface area contributed by atoms with Gasteiger partial charge in [0.05, 0.1) is 5.69 Å². The quantitative estimate of drug-likeness (QED) is 0.731. The van der Waals surface area contributed by atoms with Gasteiger partial charge in [0.1, 0.15) is 0 Å². The molecule has 0 saturated heterocycles. The minimum Gasteiger partial charge on any atom is -0.294 e. The summed E-state index contributed by atoms with van der Waals surface area (Å²) in [6.07, 6.45) is 1.63. The zero-order valence-electron chi connectivity index (χ0n) is 10.3. The second kappa shape index (κ2) is 4.50. The van der Waals surface area contributed by atoms with Crippen LogP contribution in [0, 0.1) is 13.8 Å². The average Bonchev–Trinajstić information content (AvgIpc) is 2.33. The minimum atomic E-state index is 0.0455. The molecule has 0 aliphatic heterocycles. The maximum atomic E-state index is 11.2. The summed E-state index contributed by atoms with van der Waals surface area (Å²) in [6, 6.07) is 9.97. The van der Waals surface area contributed by atoms with E-state index in [1.54, 1.807) is 13.1 Å². The Kier molecular flexibility index (Phi) is 3.05. The van der Waals surface area contributed by atoms with Crippen molar-refractivity contribution in [3.63, 3.8) is 0 Å². The second-order valence-electron chi connectivity index (χ2n) is 4.29. The van der Waals surface area contributed by atoms with E-state index in [1.807, 2.05) is 12.1 Å². The van der Waals surface area contributed by atoms with Crippen molar-refractivity contribution in [3.05, 3.63) is 53.2 Å². The van der Waals surface area contributed by atoms with Crippen LogP contribution in [0.15, 0.2) is 36.5 Å². The summed E-state index contributed by atoms with van der Waals surface area (Å²) in [5, 5.41) is 0. The van der Waals surface area contributed by atoms with E-state index in [4.69, 9.17) is 0 Å². The van der Waals surface area contributed by atoms with Crippen LogP contribution in [-0.4, -0.2) is 10.8 Å². The summed E-state index contributed by atoms with van der Waals surface area (Å²) < 4.78 is 0. The molecule has 0 amide bonds. The Labute approximate surface area is 101 Å². The highest BCUT2D eigenvalue weighted by molar-refractivity contribution is 5.93. The molecule has 1 heterocycles. The van der Waals surface area contributed by atoms with E-state index >= 15 is 0 Å². The monoisotopic (exact) mass is 225 g/mol. The lowest BCUT2D eigenvalue weighted by atomic mass is 10.0. The van der Waals surface area contributed by atoms with Crippen molar-refractivity contribution < 1.29 is 4.79 Å². The van der Waals surface area contributed by atoms with Crippen LogP contribution in [0.1, 0.15) is 28.4 Å². The first-order valence-electron chi connectivity index (χ1n) is 5.62. The molecule has 0 bridgehead atoms. The van der Waals surface area contributed by atoms with Crippen LogP contribution >= 0.6 is 0 Å². The first-order chi connectivity index (χ1) is 8.08. The normalized spacial score (nSPS) is 10.3. The first-order valence-corrected chi connectivity index (χ1v) is 5.62. The van der Waals surface area contributed by atoms with Crippen LogP contribution in [0.5, 0.6) is 0 Å². The van der Waals surface area contributed by atoms with E-state index in [1.165, 1.54) is 11.1 Å². The lowest BCUT2D eigenvalue weighted by Crippen LogP contribution is -1.94. The number of hydrogen-bond donors (Lipinski definition) is 0. The topological polar surface area (TPSA) is 30.0 Å². The maximum Gasteiger partial charge on any atom is 0.161 e. The standard InChI is InChI=1S/C15H15NO/c1-10-4-5-13(8-11(10)2)15-7-6-14(9-16-15)12(3)17/h4-9H,1-3H3. The van der Waals surface area contributed by atoms with Gasteiger partial charge >= 0.3 is 0 Å². The molecule has 0 unspecified atom stereocenters. The number of aromatic nitrogens is 1. The molecule has 17 heavy (non-hydrogen) atoms. The van der Waals surface area contributed by atoms with Crippen LogP contribution in [0.3, 0.4) is 0 Å². The van der Waals surface area contributed by atoms with Crippen LogP contribution in [0.4, 0.5) is 0 Å². The second-order valence-corrected chi connectivity index (χ2v) is 4.29. The Morgan fingerprint density at radius 2 is 1.82 bits per heavy atom. The zero-order chi connectivity index (χ0) is 12.4. The average molecular weight is 225 g/mol. The van der Waals surface area contributed by atoms with Gasteiger partial charge in [-0.2, -0.15) is 0 Å². The number of hydrogen-bond acceptors (Lipinski definition) is 2. The molecule has 2 nitrogen and oxygen atoms in total. The van der Waals surface area contributed by atoms with Gasteiger partial charge in [0.2, 0.25) is 0 Å². The number of ketones is 1. The van der Waals surface area contributed by atoms with Gasteiger partial charge in [-0.15, -0.1) is 0 Å². The Hall–Kier alpha value is -1.96. The molecule has 0 fully saturated rings. The van der Waals surface area contributed by atoms with Crippen molar-refractivity contribution in [1.82, 2.24) is 4.98 Å². The van der Waals surface area contributed by atoms with Gasteiger partial charge in [-0.25, -0.2) is 0 Å². The Balaban J connectivity index is 2.39. The predicted molar refractivity (Wildman–Crippen MR) is 69.2 cm³/mol. The Morgan fingerprint density at radius 3 is 2.35 bits per heavy atom. The highest BCUT2D eigenvalue weighted by Gasteiger charge is 2.03. The molecule has 2 rings (SSSR count). The molecule has 0 saturated carbocycles. The van der Waals surface area contributed by atoms with E-state index in [9.17, 15) is 4.79 Å². The molecule has 0 aliphatic carbocycles. The summed E-state index contributed by atoms with van der Waals surface area (Å²) in [4.78, 5) is 15.5. The predicted octanol–water partition coefficient (Wildman–Crippen LogP) is 3.57. The SMILES string of the molecule is CC(=O)c1ccc(-c2ccc(C)c(C)c2)nc1.